The van der Waals surface area contributed by atoms with Crippen LogP contribution in [0.3, 0.4) is 0 Å². The fraction of sp³-hybridized carbons (Fsp3) is 0.333. The Hall–Kier alpha value is -3.02. The lowest BCUT2D eigenvalue weighted by molar-refractivity contribution is -0.384. The summed E-state index contributed by atoms with van der Waals surface area (Å²) in [7, 11) is 0. The van der Waals surface area contributed by atoms with Gasteiger partial charge in [0, 0.05) is 29.6 Å². The average Bonchev–Trinajstić information content (AvgIpc) is 3.25. The van der Waals surface area contributed by atoms with Crippen LogP contribution in [0.25, 0.3) is 22.2 Å². The number of hydrogen-bond acceptors (Lipinski definition) is 4. The summed E-state index contributed by atoms with van der Waals surface area (Å²) in [5.74, 6) is 0.810. The summed E-state index contributed by atoms with van der Waals surface area (Å²) >= 11 is 0. The summed E-state index contributed by atoms with van der Waals surface area (Å²) in [6, 6.07) is 14.1. The SMILES string of the molecule is O=c1nc(-c2ccccc2)c2cc([N+](=O)[O-])ccc2n1CC12CCC(C1)C2. The number of aromatic nitrogens is 2. The zero-order valence-electron chi connectivity index (χ0n) is 14.8. The van der Waals surface area contributed by atoms with Crippen molar-refractivity contribution in [2.45, 2.75) is 32.2 Å². The van der Waals surface area contributed by atoms with Gasteiger partial charge in [0.15, 0.2) is 0 Å². The smallest absolute Gasteiger partial charge is 0.291 e. The Bertz CT molecular complexity index is 1110. The molecule has 0 unspecified atom stereocenters. The lowest BCUT2D eigenvalue weighted by Crippen LogP contribution is -2.37. The molecule has 6 nitrogen and oxygen atoms in total. The summed E-state index contributed by atoms with van der Waals surface area (Å²) < 4.78 is 1.73. The highest BCUT2D eigenvalue weighted by Gasteiger charge is 2.50. The van der Waals surface area contributed by atoms with Crippen molar-refractivity contribution in [3.8, 4) is 11.3 Å². The highest BCUT2D eigenvalue weighted by atomic mass is 16.6. The quantitative estimate of drug-likeness (QED) is 0.516. The molecule has 3 saturated carbocycles. The van der Waals surface area contributed by atoms with Gasteiger partial charge < -0.3 is 0 Å². The molecule has 0 radical (unpaired) electrons. The number of non-ortho nitro benzene ring substituents is 1. The van der Waals surface area contributed by atoms with Crippen LogP contribution < -0.4 is 5.69 Å². The molecule has 3 aliphatic rings. The third kappa shape index (κ3) is 2.55. The van der Waals surface area contributed by atoms with Crippen molar-refractivity contribution < 1.29 is 4.92 Å². The van der Waals surface area contributed by atoms with Crippen LogP contribution in [0.15, 0.2) is 53.3 Å². The van der Waals surface area contributed by atoms with Crippen LogP contribution in [0, 0.1) is 21.4 Å². The van der Waals surface area contributed by atoms with Gasteiger partial charge in [0.05, 0.1) is 16.1 Å². The van der Waals surface area contributed by atoms with E-state index < -0.39 is 4.92 Å². The molecule has 0 amide bonds. The average molecular weight is 361 g/mol. The molecule has 0 atom stereocenters. The minimum absolute atomic E-state index is 0.00872. The van der Waals surface area contributed by atoms with Gasteiger partial charge in [-0.1, -0.05) is 30.3 Å². The minimum atomic E-state index is -0.407. The molecule has 6 rings (SSSR count). The zero-order chi connectivity index (χ0) is 18.6. The summed E-state index contributed by atoms with van der Waals surface area (Å²) in [4.78, 5) is 28.1. The lowest BCUT2D eigenvalue weighted by Gasteiger charge is -2.39. The monoisotopic (exact) mass is 361 g/mol. The van der Waals surface area contributed by atoms with E-state index in [9.17, 15) is 14.9 Å². The van der Waals surface area contributed by atoms with Crippen LogP contribution in [-0.2, 0) is 6.54 Å². The summed E-state index contributed by atoms with van der Waals surface area (Å²) in [6.45, 7) is 0.652. The number of nitrogens with zero attached hydrogens (tertiary/aromatic N) is 3. The van der Waals surface area contributed by atoms with E-state index in [-0.39, 0.29) is 16.8 Å². The molecule has 2 aromatic carbocycles. The molecule has 3 fully saturated rings. The molecule has 136 valence electrons. The Morgan fingerprint density at radius 3 is 2.63 bits per heavy atom. The first kappa shape index (κ1) is 16.2. The molecule has 0 N–H and O–H groups in total. The number of benzene rings is 2. The van der Waals surface area contributed by atoms with Gasteiger partial charge in [-0.15, -0.1) is 0 Å². The molecular formula is C21H19N3O3. The van der Waals surface area contributed by atoms with Crippen LogP contribution in [0.4, 0.5) is 5.69 Å². The van der Waals surface area contributed by atoms with Crippen LogP contribution in [0.2, 0.25) is 0 Å². The maximum Gasteiger partial charge on any atom is 0.348 e. The number of rotatable bonds is 4. The molecule has 3 aromatic rings. The largest absolute Gasteiger partial charge is 0.348 e. The van der Waals surface area contributed by atoms with Crippen LogP contribution in [-0.4, -0.2) is 14.5 Å². The van der Waals surface area contributed by atoms with Gasteiger partial charge in [-0.25, -0.2) is 4.79 Å². The van der Waals surface area contributed by atoms with Gasteiger partial charge in [-0.3, -0.25) is 14.7 Å². The van der Waals surface area contributed by atoms with Crippen LogP contribution >= 0.6 is 0 Å². The van der Waals surface area contributed by atoms with E-state index in [1.165, 1.54) is 31.4 Å². The summed E-state index contributed by atoms with van der Waals surface area (Å²) in [5.41, 5.74) is 1.96. The molecule has 3 aliphatic carbocycles. The van der Waals surface area contributed by atoms with Gasteiger partial charge in [0.2, 0.25) is 0 Å². The molecule has 0 saturated heterocycles. The van der Waals surface area contributed by atoms with Crippen molar-refractivity contribution in [1.82, 2.24) is 9.55 Å². The van der Waals surface area contributed by atoms with Gasteiger partial charge in [-0.05, 0) is 43.1 Å². The Kier molecular flexibility index (Phi) is 3.44. The highest BCUT2D eigenvalue weighted by Crippen LogP contribution is 2.59. The van der Waals surface area contributed by atoms with Gasteiger partial charge in [-0.2, -0.15) is 4.98 Å². The second-order valence-electron chi connectivity index (χ2n) is 7.97. The molecule has 1 heterocycles. The van der Waals surface area contributed by atoms with Crippen LogP contribution in [0.5, 0.6) is 0 Å². The molecule has 0 spiro atoms. The topological polar surface area (TPSA) is 78.0 Å². The Balaban J connectivity index is 1.73. The van der Waals surface area contributed by atoms with E-state index in [0.29, 0.717) is 17.6 Å². The van der Waals surface area contributed by atoms with E-state index in [2.05, 4.69) is 4.98 Å². The number of nitro benzene ring substituents is 1. The van der Waals surface area contributed by atoms with E-state index >= 15 is 0 Å². The first-order valence-corrected chi connectivity index (χ1v) is 9.29. The minimum Gasteiger partial charge on any atom is -0.291 e. The second kappa shape index (κ2) is 5.74. The highest BCUT2D eigenvalue weighted by molar-refractivity contribution is 5.93. The van der Waals surface area contributed by atoms with Crippen molar-refractivity contribution >= 4 is 16.6 Å². The van der Waals surface area contributed by atoms with E-state index in [4.69, 9.17) is 0 Å². The van der Waals surface area contributed by atoms with Gasteiger partial charge in [0.25, 0.3) is 5.69 Å². The summed E-state index contributed by atoms with van der Waals surface area (Å²) in [6.07, 6.45) is 4.75. The van der Waals surface area contributed by atoms with E-state index in [0.717, 1.165) is 23.4 Å². The predicted molar refractivity (Wildman–Crippen MR) is 102 cm³/mol. The summed E-state index contributed by atoms with van der Waals surface area (Å²) in [5, 5.41) is 12.0. The third-order valence-corrected chi connectivity index (χ3v) is 6.24. The Morgan fingerprint density at radius 2 is 1.96 bits per heavy atom. The third-order valence-electron chi connectivity index (χ3n) is 6.24. The maximum absolute atomic E-state index is 12.9. The Morgan fingerprint density at radius 1 is 1.19 bits per heavy atom. The number of fused-ring (bicyclic) bond motifs is 2. The fourth-order valence-corrected chi connectivity index (χ4v) is 4.98. The maximum atomic E-state index is 12.9. The predicted octanol–water partition coefficient (Wildman–Crippen LogP) is 4.16. The molecule has 2 bridgehead atoms. The molecule has 6 heteroatoms. The van der Waals surface area contributed by atoms with Crippen molar-refractivity contribution in [2.75, 3.05) is 0 Å². The zero-order valence-corrected chi connectivity index (χ0v) is 14.8. The first-order chi connectivity index (χ1) is 13.0. The van der Waals surface area contributed by atoms with Crippen molar-refractivity contribution in [1.29, 1.82) is 0 Å². The van der Waals surface area contributed by atoms with Gasteiger partial charge in [0.1, 0.15) is 0 Å². The van der Waals surface area contributed by atoms with Crippen molar-refractivity contribution in [3.05, 3.63) is 69.1 Å². The van der Waals surface area contributed by atoms with E-state index in [1.807, 2.05) is 30.3 Å². The van der Waals surface area contributed by atoms with Gasteiger partial charge >= 0.3 is 5.69 Å². The lowest BCUT2D eigenvalue weighted by atomic mass is 9.69. The van der Waals surface area contributed by atoms with Crippen molar-refractivity contribution in [2.24, 2.45) is 11.3 Å². The first-order valence-electron chi connectivity index (χ1n) is 9.29. The van der Waals surface area contributed by atoms with Crippen molar-refractivity contribution in [3.63, 3.8) is 0 Å². The van der Waals surface area contributed by atoms with E-state index in [1.54, 1.807) is 10.6 Å². The van der Waals surface area contributed by atoms with Crippen LogP contribution in [0.1, 0.15) is 25.7 Å². The molecule has 27 heavy (non-hydrogen) atoms. The molecule has 1 aromatic heterocycles. The Labute approximate surface area is 155 Å². The standard InChI is InChI=1S/C21H19N3O3/c25-20-22-19(15-4-2-1-3-5-15)17-10-16(24(26)27)6-7-18(17)23(20)13-21-9-8-14(11-21)12-21/h1-7,10,14H,8-9,11-13H2. The normalized spacial score (nSPS) is 23.3. The number of nitro groups is 1. The second-order valence-corrected chi connectivity index (χ2v) is 7.97. The molecular weight excluding hydrogens is 342 g/mol. The number of hydrogen-bond donors (Lipinski definition) is 0. The molecule has 0 aliphatic heterocycles. The fourth-order valence-electron chi connectivity index (χ4n) is 4.98.